The van der Waals surface area contributed by atoms with Crippen LogP contribution >= 0.6 is 0 Å². The van der Waals surface area contributed by atoms with Crippen LogP contribution in [-0.4, -0.2) is 28.8 Å². The molecule has 2 heterocycles. The predicted octanol–water partition coefficient (Wildman–Crippen LogP) is 4.21. The average Bonchev–Trinajstić information content (AvgIpc) is 3.16. The van der Waals surface area contributed by atoms with Gasteiger partial charge in [-0.2, -0.15) is 5.10 Å². The molecule has 2 aromatic carbocycles. The first-order valence-corrected chi connectivity index (χ1v) is 9.85. The van der Waals surface area contributed by atoms with Crippen molar-refractivity contribution in [3.05, 3.63) is 77.1 Å². The van der Waals surface area contributed by atoms with Gasteiger partial charge in [-0.25, -0.2) is 4.68 Å². The standard InChI is InChI=1S/C23H26N4O/c1-16-3-7-19(8-4-16)26-23(28)21-15-25-27(20-9-5-17(2)6-10-20)22(21)18-11-13-24-14-12-18/h3-10,15,18,24H,11-14H2,1-2H3,(H,26,28). The molecule has 0 aliphatic carbocycles. The number of carbonyl (C=O) groups excluding carboxylic acids is 1. The fraction of sp³-hybridized carbons (Fsp3) is 0.304. The van der Waals surface area contributed by atoms with Crippen LogP contribution in [0.1, 0.15) is 45.9 Å². The van der Waals surface area contributed by atoms with E-state index in [0.29, 0.717) is 11.5 Å². The molecule has 3 aromatic rings. The fourth-order valence-corrected chi connectivity index (χ4v) is 3.75. The third-order valence-corrected chi connectivity index (χ3v) is 5.36. The van der Waals surface area contributed by atoms with Gasteiger partial charge >= 0.3 is 0 Å². The molecule has 4 rings (SSSR count). The van der Waals surface area contributed by atoms with E-state index in [1.165, 1.54) is 11.1 Å². The molecule has 1 aliphatic heterocycles. The molecule has 1 fully saturated rings. The Kier molecular flexibility index (Phi) is 5.26. The van der Waals surface area contributed by atoms with Crippen LogP contribution in [0.15, 0.2) is 54.7 Å². The minimum Gasteiger partial charge on any atom is -0.322 e. The Hall–Kier alpha value is -2.92. The SMILES string of the molecule is Cc1ccc(NC(=O)c2cnn(-c3ccc(C)cc3)c2C2CCNCC2)cc1. The first kappa shape index (κ1) is 18.4. The molecule has 144 valence electrons. The van der Waals surface area contributed by atoms with Crippen molar-refractivity contribution >= 4 is 11.6 Å². The van der Waals surface area contributed by atoms with Crippen molar-refractivity contribution < 1.29 is 4.79 Å². The second-order valence-electron chi connectivity index (χ2n) is 7.54. The van der Waals surface area contributed by atoms with Crippen LogP contribution in [0.2, 0.25) is 0 Å². The van der Waals surface area contributed by atoms with Gasteiger partial charge in [-0.05, 0) is 64.0 Å². The van der Waals surface area contributed by atoms with Crippen molar-refractivity contribution in [1.82, 2.24) is 15.1 Å². The molecule has 0 radical (unpaired) electrons. The van der Waals surface area contributed by atoms with E-state index in [2.05, 4.69) is 46.9 Å². The zero-order chi connectivity index (χ0) is 19.5. The van der Waals surface area contributed by atoms with Crippen LogP contribution < -0.4 is 10.6 Å². The van der Waals surface area contributed by atoms with Gasteiger partial charge < -0.3 is 10.6 Å². The lowest BCUT2D eigenvalue weighted by Gasteiger charge is -2.24. The Bertz CT molecular complexity index is 951. The Labute approximate surface area is 165 Å². The highest BCUT2D eigenvalue weighted by Crippen LogP contribution is 2.30. The molecule has 0 atom stereocenters. The van der Waals surface area contributed by atoms with Crippen molar-refractivity contribution in [2.75, 3.05) is 18.4 Å². The minimum absolute atomic E-state index is 0.101. The third-order valence-electron chi connectivity index (χ3n) is 5.36. The Morgan fingerprint density at radius 1 is 1.00 bits per heavy atom. The molecule has 0 unspecified atom stereocenters. The highest BCUT2D eigenvalue weighted by Gasteiger charge is 2.27. The number of aromatic nitrogens is 2. The molecule has 5 nitrogen and oxygen atoms in total. The zero-order valence-electron chi connectivity index (χ0n) is 16.4. The number of rotatable bonds is 4. The van der Waals surface area contributed by atoms with Crippen molar-refractivity contribution in [3.8, 4) is 5.69 Å². The van der Waals surface area contributed by atoms with E-state index in [4.69, 9.17) is 0 Å². The molecule has 0 saturated carbocycles. The van der Waals surface area contributed by atoms with Crippen LogP contribution in [0, 0.1) is 13.8 Å². The summed E-state index contributed by atoms with van der Waals surface area (Å²) in [5.41, 5.74) is 5.84. The lowest BCUT2D eigenvalue weighted by molar-refractivity contribution is 0.102. The summed E-state index contributed by atoms with van der Waals surface area (Å²) < 4.78 is 1.94. The summed E-state index contributed by atoms with van der Waals surface area (Å²) in [6, 6.07) is 16.1. The second-order valence-corrected chi connectivity index (χ2v) is 7.54. The van der Waals surface area contributed by atoms with Crippen LogP contribution in [0.25, 0.3) is 5.69 Å². The predicted molar refractivity (Wildman–Crippen MR) is 112 cm³/mol. The van der Waals surface area contributed by atoms with Gasteiger partial charge in [-0.3, -0.25) is 4.79 Å². The number of hydrogen-bond acceptors (Lipinski definition) is 3. The molecule has 1 aliphatic rings. The van der Waals surface area contributed by atoms with Crippen molar-refractivity contribution in [2.45, 2.75) is 32.6 Å². The first-order chi connectivity index (χ1) is 13.6. The Balaban J connectivity index is 1.70. The average molecular weight is 374 g/mol. The highest BCUT2D eigenvalue weighted by molar-refractivity contribution is 6.05. The van der Waals surface area contributed by atoms with Gasteiger partial charge in [0.2, 0.25) is 0 Å². The molecule has 0 bridgehead atoms. The van der Waals surface area contributed by atoms with Crippen LogP contribution in [0.4, 0.5) is 5.69 Å². The van der Waals surface area contributed by atoms with Crippen LogP contribution in [0.5, 0.6) is 0 Å². The summed E-state index contributed by atoms with van der Waals surface area (Å²) in [5, 5.41) is 11.0. The number of anilines is 1. The number of piperidine rings is 1. The molecule has 1 aromatic heterocycles. The van der Waals surface area contributed by atoms with Crippen LogP contribution in [0.3, 0.4) is 0 Å². The van der Waals surface area contributed by atoms with E-state index in [1.54, 1.807) is 6.20 Å². The number of hydrogen-bond donors (Lipinski definition) is 2. The fourth-order valence-electron chi connectivity index (χ4n) is 3.75. The smallest absolute Gasteiger partial charge is 0.259 e. The molecule has 2 N–H and O–H groups in total. The summed E-state index contributed by atoms with van der Waals surface area (Å²) in [6.07, 6.45) is 3.71. The molecule has 1 amide bonds. The third kappa shape index (κ3) is 3.85. The number of nitrogens with one attached hydrogen (secondary N) is 2. The Morgan fingerprint density at radius 3 is 2.25 bits per heavy atom. The minimum atomic E-state index is -0.101. The van der Waals surface area contributed by atoms with Gasteiger partial charge in [0, 0.05) is 11.6 Å². The quantitative estimate of drug-likeness (QED) is 0.719. The second kappa shape index (κ2) is 7.98. The Morgan fingerprint density at radius 2 is 1.61 bits per heavy atom. The van der Waals surface area contributed by atoms with Crippen LogP contribution in [-0.2, 0) is 0 Å². The maximum absolute atomic E-state index is 13.1. The number of nitrogens with zero attached hydrogens (tertiary/aromatic N) is 2. The number of benzene rings is 2. The monoisotopic (exact) mass is 374 g/mol. The first-order valence-electron chi connectivity index (χ1n) is 9.85. The molecular formula is C23H26N4O. The lowest BCUT2D eigenvalue weighted by Crippen LogP contribution is -2.29. The largest absolute Gasteiger partial charge is 0.322 e. The van der Waals surface area contributed by atoms with Gasteiger partial charge in [-0.15, -0.1) is 0 Å². The van der Waals surface area contributed by atoms with Gasteiger partial charge in [-0.1, -0.05) is 35.4 Å². The van der Waals surface area contributed by atoms with Gasteiger partial charge in [0.25, 0.3) is 5.91 Å². The number of amides is 1. The molecule has 28 heavy (non-hydrogen) atoms. The summed E-state index contributed by atoms with van der Waals surface area (Å²) in [6.45, 7) is 6.03. The van der Waals surface area contributed by atoms with Crippen molar-refractivity contribution in [2.24, 2.45) is 0 Å². The zero-order valence-corrected chi connectivity index (χ0v) is 16.4. The maximum atomic E-state index is 13.1. The number of aryl methyl sites for hydroxylation is 2. The van der Waals surface area contributed by atoms with E-state index >= 15 is 0 Å². The molecule has 0 spiro atoms. The summed E-state index contributed by atoms with van der Waals surface area (Å²) in [4.78, 5) is 13.1. The summed E-state index contributed by atoms with van der Waals surface area (Å²) >= 11 is 0. The highest BCUT2D eigenvalue weighted by atomic mass is 16.1. The lowest BCUT2D eigenvalue weighted by atomic mass is 9.91. The number of carbonyl (C=O) groups is 1. The normalized spacial score (nSPS) is 14.8. The molecule has 1 saturated heterocycles. The van der Waals surface area contributed by atoms with Crippen molar-refractivity contribution in [3.63, 3.8) is 0 Å². The van der Waals surface area contributed by atoms with E-state index in [9.17, 15) is 4.79 Å². The van der Waals surface area contributed by atoms with E-state index < -0.39 is 0 Å². The molecular weight excluding hydrogens is 348 g/mol. The van der Waals surface area contributed by atoms with E-state index in [-0.39, 0.29) is 5.91 Å². The summed E-state index contributed by atoms with van der Waals surface area (Å²) in [7, 11) is 0. The van der Waals surface area contributed by atoms with Crippen molar-refractivity contribution in [1.29, 1.82) is 0 Å². The van der Waals surface area contributed by atoms with Gasteiger partial charge in [0.15, 0.2) is 0 Å². The van der Waals surface area contributed by atoms with E-state index in [0.717, 1.165) is 43.0 Å². The van der Waals surface area contributed by atoms with Gasteiger partial charge in [0.1, 0.15) is 0 Å². The maximum Gasteiger partial charge on any atom is 0.259 e. The topological polar surface area (TPSA) is 59.0 Å². The molecule has 5 heteroatoms. The van der Waals surface area contributed by atoms with E-state index in [1.807, 2.05) is 35.9 Å². The summed E-state index contributed by atoms with van der Waals surface area (Å²) in [5.74, 6) is 0.208. The van der Waals surface area contributed by atoms with Gasteiger partial charge in [0.05, 0.1) is 23.1 Å².